The second-order valence-corrected chi connectivity index (χ2v) is 4.15. The zero-order valence-corrected chi connectivity index (χ0v) is 9.49. The van der Waals surface area contributed by atoms with Crippen LogP contribution in [0.4, 0.5) is 13.2 Å². The van der Waals surface area contributed by atoms with Crippen molar-refractivity contribution in [3.05, 3.63) is 35.0 Å². The summed E-state index contributed by atoms with van der Waals surface area (Å²) in [7, 11) is 0. The predicted octanol–water partition coefficient (Wildman–Crippen LogP) is 2.94. The highest BCUT2D eigenvalue weighted by atomic mass is 19.3. The maximum Gasteiger partial charge on any atom is 0.314 e. The smallest absolute Gasteiger partial charge is 0.314 e. The van der Waals surface area contributed by atoms with Gasteiger partial charge in [-0.2, -0.15) is 8.78 Å². The Labute approximate surface area is 105 Å². The van der Waals surface area contributed by atoms with E-state index in [-0.39, 0.29) is 29.2 Å². The highest BCUT2D eigenvalue weighted by Crippen LogP contribution is 2.31. The van der Waals surface area contributed by atoms with Crippen LogP contribution in [0.5, 0.6) is 0 Å². The van der Waals surface area contributed by atoms with Crippen LogP contribution in [0.15, 0.2) is 16.5 Å². The number of alkyl halides is 2. The molecule has 4 nitrogen and oxygen atoms in total. The van der Waals surface area contributed by atoms with Crippen molar-refractivity contribution in [1.82, 2.24) is 10.2 Å². The van der Waals surface area contributed by atoms with Gasteiger partial charge in [0, 0.05) is 17.5 Å². The quantitative estimate of drug-likeness (QED) is 0.840. The number of carbonyl (C=O) groups excluding carboxylic acids is 1. The van der Waals surface area contributed by atoms with E-state index in [0.717, 1.165) is 6.07 Å². The molecule has 0 radical (unpaired) electrons. The number of halogens is 3. The van der Waals surface area contributed by atoms with E-state index in [4.69, 9.17) is 4.42 Å². The zero-order chi connectivity index (χ0) is 13.6. The molecule has 1 heterocycles. The zero-order valence-electron chi connectivity index (χ0n) is 9.49. The van der Waals surface area contributed by atoms with Crippen LogP contribution in [0.1, 0.15) is 34.7 Å². The van der Waals surface area contributed by atoms with E-state index in [0.29, 0.717) is 12.0 Å². The molecule has 0 atom stereocenters. The second-order valence-electron chi connectivity index (χ2n) is 4.15. The van der Waals surface area contributed by atoms with Gasteiger partial charge >= 0.3 is 6.43 Å². The summed E-state index contributed by atoms with van der Waals surface area (Å²) >= 11 is 0. The molecular formula is C12H7F3N2O2. The Bertz CT molecular complexity index is 667. The molecule has 1 aromatic heterocycles. The first kappa shape index (κ1) is 11.9. The van der Waals surface area contributed by atoms with Crippen LogP contribution >= 0.6 is 0 Å². The summed E-state index contributed by atoms with van der Waals surface area (Å²) in [6, 6.07) is 2.51. The largest absolute Gasteiger partial charge is 0.415 e. The molecule has 1 aliphatic rings. The average molecular weight is 268 g/mol. The molecule has 2 aromatic rings. The summed E-state index contributed by atoms with van der Waals surface area (Å²) in [5.41, 5.74) is 0.736. The van der Waals surface area contributed by atoms with Crippen molar-refractivity contribution >= 4 is 5.78 Å². The molecular weight excluding hydrogens is 261 g/mol. The number of nitrogens with zero attached hydrogens (tertiary/aromatic N) is 2. The second kappa shape index (κ2) is 4.18. The number of hydrogen-bond donors (Lipinski definition) is 0. The molecule has 0 fully saturated rings. The summed E-state index contributed by atoms with van der Waals surface area (Å²) in [5.74, 6) is -1.79. The number of Topliss-reactive ketones (excluding diaryl/α,β-unsaturated/α-hetero) is 1. The molecule has 0 saturated carbocycles. The molecule has 3 rings (SSSR count). The van der Waals surface area contributed by atoms with E-state index in [1.807, 2.05) is 0 Å². The van der Waals surface area contributed by atoms with E-state index < -0.39 is 18.1 Å². The normalized spacial score (nSPS) is 14.2. The van der Waals surface area contributed by atoms with Gasteiger partial charge in [0.15, 0.2) is 5.78 Å². The molecule has 98 valence electrons. The summed E-state index contributed by atoms with van der Waals surface area (Å²) in [4.78, 5) is 11.6. The van der Waals surface area contributed by atoms with Gasteiger partial charge in [0.05, 0.1) is 0 Å². The van der Waals surface area contributed by atoms with Crippen molar-refractivity contribution in [3.8, 4) is 11.5 Å². The highest BCUT2D eigenvalue weighted by Gasteiger charge is 2.25. The number of aromatic nitrogens is 2. The fourth-order valence-electron chi connectivity index (χ4n) is 2.08. The van der Waals surface area contributed by atoms with Crippen LogP contribution in [0, 0.1) is 5.82 Å². The third kappa shape index (κ3) is 1.91. The Morgan fingerprint density at radius 3 is 2.68 bits per heavy atom. The Morgan fingerprint density at radius 1 is 1.21 bits per heavy atom. The number of ketones is 1. The van der Waals surface area contributed by atoms with Crippen LogP contribution in [-0.4, -0.2) is 16.0 Å². The standard InChI is InChI=1S/C12H7F3N2O2/c13-8-4-5(3-7-6(8)1-2-9(7)18)11-16-17-12(19-11)10(14)15/h3-4,10H,1-2H2. The molecule has 0 amide bonds. The molecule has 0 bridgehead atoms. The molecule has 0 aliphatic heterocycles. The molecule has 1 aromatic carbocycles. The third-order valence-electron chi connectivity index (χ3n) is 2.97. The first-order valence-electron chi connectivity index (χ1n) is 5.54. The Balaban J connectivity index is 2.08. The molecule has 0 N–H and O–H groups in total. The fourth-order valence-corrected chi connectivity index (χ4v) is 2.08. The Morgan fingerprint density at radius 2 is 2.00 bits per heavy atom. The highest BCUT2D eigenvalue weighted by molar-refractivity contribution is 6.01. The van der Waals surface area contributed by atoms with Crippen molar-refractivity contribution < 1.29 is 22.4 Å². The maximum atomic E-state index is 13.8. The van der Waals surface area contributed by atoms with Crippen molar-refractivity contribution in [2.75, 3.05) is 0 Å². The van der Waals surface area contributed by atoms with Crippen LogP contribution in [0.3, 0.4) is 0 Å². The number of rotatable bonds is 2. The van der Waals surface area contributed by atoms with Gasteiger partial charge in [0.1, 0.15) is 5.82 Å². The lowest BCUT2D eigenvalue weighted by Gasteiger charge is -2.02. The van der Waals surface area contributed by atoms with Gasteiger partial charge in [-0.1, -0.05) is 0 Å². The Hall–Kier alpha value is -2.18. The third-order valence-corrected chi connectivity index (χ3v) is 2.97. The molecule has 0 unspecified atom stereocenters. The molecule has 0 saturated heterocycles. The fraction of sp³-hybridized carbons (Fsp3) is 0.250. The summed E-state index contributed by atoms with van der Waals surface area (Å²) in [5, 5.41) is 6.58. The number of hydrogen-bond acceptors (Lipinski definition) is 4. The van der Waals surface area contributed by atoms with Gasteiger partial charge in [0.25, 0.3) is 5.89 Å². The molecule has 0 spiro atoms. The lowest BCUT2D eigenvalue weighted by Crippen LogP contribution is -1.95. The first-order chi connectivity index (χ1) is 9.06. The molecule has 7 heteroatoms. The summed E-state index contributed by atoms with van der Waals surface area (Å²) < 4.78 is 43.2. The van der Waals surface area contributed by atoms with Crippen LogP contribution in [0.2, 0.25) is 0 Å². The van der Waals surface area contributed by atoms with Gasteiger partial charge < -0.3 is 4.42 Å². The SMILES string of the molecule is O=C1CCc2c(F)cc(-c3nnc(C(F)F)o3)cc21. The summed E-state index contributed by atoms with van der Waals surface area (Å²) in [6.07, 6.45) is -2.28. The van der Waals surface area contributed by atoms with Crippen LogP contribution in [0.25, 0.3) is 11.5 Å². The van der Waals surface area contributed by atoms with Crippen molar-refractivity contribution in [2.24, 2.45) is 0 Å². The van der Waals surface area contributed by atoms with Gasteiger partial charge in [-0.05, 0) is 24.1 Å². The van der Waals surface area contributed by atoms with Gasteiger partial charge in [-0.3, -0.25) is 4.79 Å². The minimum Gasteiger partial charge on any atom is -0.415 e. The lowest BCUT2D eigenvalue weighted by atomic mass is 10.1. The van der Waals surface area contributed by atoms with Crippen molar-refractivity contribution in [2.45, 2.75) is 19.3 Å². The molecule has 1 aliphatic carbocycles. The minimum atomic E-state index is -2.89. The number of fused-ring (bicyclic) bond motifs is 1. The van der Waals surface area contributed by atoms with Crippen molar-refractivity contribution in [1.29, 1.82) is 0 Å². The van der Waals surface area contributed by atoms with E-state index in [1.54, 1.807) is 0 Å². The predicted molar refractivity (Wildman–Crippen MR) is 57.3 cm³/mol. The van der Waals surface area contributed by atoms with Crippen molar-refractivity contribution in [3.63, 3.8) is 0 Å². The van der Waals surface area contributed by atoms with E-state index >= 15 is 0 Å². The van der Waals surface area contributed by atoms with E-state index in [9.17, 15) is 18.0 Å². The first-order valence-corrected chi connectivity index (χ1v) is 5.54. The number of benzene rings is 1. The monoisotopic (exact) mass is 268 g/mol. The Kier molecular flexibility index (Phi) is 2.62. The number of carbonyl (C=O) groups is 1. The maximum absolute atomic E-state index is 13.8. The van der Waals surface area contributed by atoms with Gasteiger partial charge in [-0.15, -0.1) is 10.2 Å². The van der Waals surface area contributed by atoms with Crippen LogP contribution < -0.4 is 0 Å². The molecule has 19 heavy (non-hydrogen) atoms. The van der Waals surface area contributed by atoms with E-state index in [2.05, 4.69) is 10.2 Å². The topological polar surface area (TPSA) is 56.0 Å². The summed E-state index contributed by atoms with van der Waals surface area (Å²) in [6.45, 7) is 0. The van der Waals surface area contributed by atoms with Crippen LogP contribution in [-0.2, 0) is 6.42 Å². The minimum absolute atomic E-state index is 0.130. The lowest BCUT2D eigenvalue weighted by molar-refractivity contribution is 0.0994. The average Bonchev–Trinajstić information content (AvgIpc) is 2.97. The van der Waals surface area contributed by atoms with E-state index in [1.165, 1.54) is 6.07 Å². The van der Waals surface area contributed by atoms with Gasteiger partial charge in [0.2, 0.25) is 5.89 Å². The van der Waals surface area contributed by atoms with Gasteiger partial charge in [-0.25, -0.2) is 4.39 Å².